The van der Waals surface area contributed by atoms with E-state index in [1.165, 1.54) is 0 Å². The van der Waals surface area contributed by atoms with Gasteiger partial charge in [0.1, 0.15) is 11.9 Å². The van der Waals surface area contributed by atoms with Crippen LogP contribution in [0.5, 0.6) is 5.75 Å². The van der Waals surface area contributed by atoms with Crippen LogP contribution in [0.3, 0.4) is 0 Å². The van der Waals surface area contributed by atoms with E-state index in [1.807, 2.05) is 18.2 Å². The normalized spacial score (nSPS) is 17.6. The summed E-state index contributed by atoms with van der Waals surface area (Å²) in [6.45, 7) is 6.58. The zero-order valence-corrected chi connectivity index (χ0v) is 12.4. The standard InChI is InChI=1S/C16H24N2O2/c1-3-9-18-11-13(4-2)20-16-6-5-12(10-14(16)18)15(19)7-8-17/h5-6,10,13H,3-4,7-9,11,17H2,1-2H3. The number of benzene rings is 1. The van der Waals surface area contributed by atoms with Crippen LogP contribution in [0.15, 0.2) is 18.2 Å². The molecule has 0 amide bonds. The Morgan fingerprint density at radius 3 is 2.90 bits per heavy atom. The number of Topliss-reactive ketones (excluding diaryl/α,β-unsaturated/α-hetero) is 1. The molecule has 1 aromatic rings. The Morgan fingerprint density at radius 2 is 2.25 bits per heavy atom. The van der Waals surface area contributed by atoms with Crippen molar-refractivity contribution in [3.05, 3.63) is 23.8 Å². The Hall–Kier alpha value is -1.55. The first kappa shape index (κ1) is 14.9. The van der Waals surface area contributed by atoms with Crippen molar-refractivity contribution in [1.82, 2.24) is 0 Å². The lowest BCUT2D eigenvalue weighted by atomic mass is 10.0. The first-order chi connectivity index (χ1) is 9.69. The number of ether oxygens (including phenoxy) is 1. The van der Waals surface area contributed by atoms with Crippen LogP contribution in [0.25, 0.3) is 0 Å². The van der Waals surface area contributed by atoms with Gasteiger partial charge in [-0.2, -0.15) is 0 Å². The molecule has 20 heavy (non-hydrogen) atoms. The molecule has 2 rings (SSSR count). The second kappa shape index (κ2) is 6.75. The minimum atomic E-state index is 0.101. The van der Waals surface area contributed by atoms with E-state index in [0.29, 0.717) is 13.0 Å². The maximum absolute atomic E-state index is 12.0. The number of fused-ring (bicyclic) bond motifs is 1. The molecule has 0 spiro atoms. The van der Waals surface area contributed by atoms with Crippen LogP contribution >= 0.6 is 0 Å². The highest BCUT2D eigenvalue weighted by Gasteiger charge is 2.25. The molecule has 4 nitrogen and oxygen atoms in total. The van der Waals surface area contributed by atoms with Crippen molar-refractivity contribution in [3.63, 3.8) is 0 Å². The first-order valence-corrected chi connectivity index (χ1v) is 7.48. The van der Waals surface area contributed by atoms with Crippen molar-refractivity contribution in [3.8, 4) is 5.75 Å². The molecule has 1 aliphatic heterocycles. The average Bonchev–Trinajstić information content (AvgIpc) is 2.47. The van der Waals surface area contributed by atoms with Gasteiger partial charge in [0.05, 0.1) is 12.2 Å². The highest BCUT2D eigenvalue weighted by molar-refractivity contribution is 5.97. The van der Waals surface area contributed by atoms with E-state index in [9.17, 15) is 4.79 Å². The zero-order chi connectivity index (χ0) is 14.5. The first-order valence-electron chi connectivity index (χ1n) is 7.48. The van der Waals surface area contributed by atoms with Gasteiger partial charge in [-0.05, 0) is 37.6 Å². The van der Waals surface area contributed by atoms with E-state index in [1.54, 1.807) is 0 Å². The number of hydrogen-bond donors (Lipinski definition) is 1. The van der Waals surface area contributed by atoms with Gasteiger partial charge in [0.25, 0.3) is 0 Å². The second-order valence-electron chi connectivity index (χ2n) is 5.24. The Balaban J connectivity index is 2.30. The lowest BCUT2D eigenvalue weighted by Crippen LogP contribution is -2.40. The molecule has 0 radical (unpaired) electrons. The smallest absolute Gasteiger partial charge is 0.164 e. The molecule has 110 valence electrons. The Bertz CT molecular complexity index is 474. The molecular formula is C16H24N2O2. The number of anilines is 1. The number of hydrogen-bond acceptors (Lipinski definition) is 4. The summed E-state index contributed by atoms with van der Waals surface area (Å²) >= 11 is 0. The van der Waals surface area contributed by atoms with Gasteiger partial charge in [-0.25, -0.2) is 0 Å². The highest BCUT2D eigenvalue weighted by atomic mass is 16.5. The van der Waals surface area contributed by atoms with E-state index >= 15 is 0 Å². The summed E-state index contributed by atoms with van der Waals surface area (Å²) in [7, 11) is 0. The molecule has 1 atom stereocenters. The topological polar surface area (TPSA) is 55.6 Å². The van der Waals surface area contributed by atoms with Gasteiger partial charge in [-0.15, -0.1) is 0 Å². The van der Waals surface area contributed by atoms with Crippen molar-refractivity contribution in [2.45, 2.75) is 39.2 Å². The van der Waals surface area contributed by atoms with Crippen LogP contribution in [0.4, 0.5) is 5.69 Å². The maximum atomic E-state index is 12.0. The van der Waals surface area contributed by atoms with Crippen LogP contribution in [0, 0.1) is 0 Å². The van der Waals surface area contributed by atoms with Crippen LogP contribution in [0.1, 0.15) is 43.5 Å². The summed E-state index contributed by atoms with van der Waals surface area (Å²) in [4.78, 5) is 14.3. The quantitative estimate of drug-likeness (QED) is 0.811. The fraction of sp³-hybridized carbons (Fsp3) is 0.562. The number of nitrogens with two attached hydrogens (primary N) is 1. The van der Waals surface area contributed by atoms with Crippen LogP contribution < -0.4 is 15.4 Å². The Labute approximate surface area is 120 Å². The SMILES string of the molecule is CCCN1CC(CC)Oc2ccc(C(=O)CCN)cc21. The monoisotopic (exact) mass is 276 g/mol. The van der Waals surface area contributed by atoms with E-state index in [2.05, 4.69) is 18.7 Å². The molecule has 0 saturated heterocycles. The minimum Gasteiger partial charge on any atom is -0.486 e. The van der Waals surface area contributed by atoms with Crippen molar-refractivity contribution < 1.29 is 9.53 Å². The minimum absolute atomic E-state index is 0.101. The molecule has 1 aliphatic rings. The molecule has 2 N–H and O–H groups in total. The van der Waals surface area contributed by atoms with Gasteiger partial charge in [-0.1, -0.05) is 13.8 Å². The number of ketones is 1. The van der Waals surface area contributed by atoms with Crippen LogP contribution in [-0.2, 0) is 0 Å². The van der Waals surface area contributed by atoms with Gasteiger partial charge in [0.2, 0.25) is 0 Å². The lowest BCUT2D eigenvalue weighted by Gasteiger charge is -2.36. The molecule has 1 aromatic carbocycles. The molecule has 0 saturated carbocycles. The van der Waals surface area contributed by atoms with Gasteiger partial charge in [0, 0.05) is 18.5 Å². The van der Waals surface area contributed by atoms with Crippen LogP contribution in [-0.4, -0.2) is 31.5 Å². The van der Waals surface area contributed by atoms with Gasteiger partial charge >= 0.3 is 0 Å². The number of carbonyl (C=O) groups excluding carboxylic acids is 1. The molecule has 0 aliphatic carbocycles. The molecule has 4 heteroatoms. The molecule has 1 heterocycles. The van der Waals surface area contributed by atoms with Crippen molar-refractivity contribution >= 4 is 11.5 Å². The van der Waals surface area contributed by atoms with Crippen molar-refractivity contribution in [1.29, 1.82) is 0 Å². The number of carbonyl (C=O) groups is 1. The third-order valence-corrected chi connectivity index (χ3v) is 3.66. The fourth-order valence-electron chi connectivity index (χ4n) is 2.57. The fourth-order valence-corrected chi connectivity index (χ4v) is 2.57. The Morgan fingerprint density at radius 1 is 1.45 bits per heavy atom. The number of nitrogens with zero attached hydrogens (tertiary/aromatic N) is 1. The van der Waals surface area contributed by atoms with Gasteiger partial charge in [0.15, 0.2) is 5.78 Å². The lowest BCUT2D eigenvalue weighted by molar-refractivity contribution is 0.0985. The highest BCUT2D eigenvalue weighted by Crippen LogP contribution is 2.35. The molecular weight excluding hydrogens is 252 g/mol. The van der Waals surface area contributed by atoms with Crippen molar-refractivity contribution in [2.24, 2.45) is 5.73 Å². The van der Waals surface area contributed by atoms with Crippen molar-refractivity contribution in [2.75, 3.05) is 24.5 Å². The Kier molecular flexibility index (Phi) is 5.01. The van der Waals surface area contributed by atoms with Gasteiger partial charge < -0.3 is 15.4 Å². The largest absolute Gasteiger partial charge is 0.486 e. The summed E-state index contributed by atoms with van der Waals surface area (Å²) < 4.78 is 5.97. The summed E-state index contributed by atoms with van der Waals surface area (Å²) in [6.07, 6.45) is 2.70. The number of rotatable bonds is 6. The van der Waals surface area contributed by atoms with E-state index in [0.717, 1.165) is 42.9 Å². The van der Waals surface area contributed by atoms with E-state index in [-0.39, 0.29) is 11.9 Å². The molecule has 1 unspecified atom stereocenters. The molecule has 0 fully saturated rings. The molecule has 0 bridgehead atoms. The van der Waals surface area contributed by atoms with Crippen LogP contribution in [0.2, 0.25) is 0 Å². The third-order valence-electron chi connectivity index (χ3n) is 3.66. The summed E-state index contributed by atoms with van der Waals surface area (Å²) in [5.41, 5.74) is 7.23. The second-order valence-corrected chi connectivity index (χ2v) is 5.24. The van der Waals surface area contributed by atoms with E-state index in [4.69, 9.17) is 10.5 Å². The van der Waals surface area contributed by atoms with Gasteiger partial charge in [-0.3, -0.25) is 4.79 Å². The summed E-state index contributed by atoms with van der Waals surface area (Å²) in [6, 6.07) is 5.72. The summed E-state index contributed by atoms with van der Waals surface area (Å²) in [5, 5.41) is 0. The average molecular weight is 276 g/mol. The van der Waals surface area contributed by atoms with E-state index < -0.39 is 0 Å². The third kappa shape index (κ3) is 3.12. The zero-order valence-electron chi connectivity index (χ0n) is 12.4. The predicted octanol–water partition coefficient (Wildman–Crippen LogP) is 2.61. The summed E-state index contributed by atoms with van der Waals surface area (Å²) in [5.74, 6) is 0.991. The predicted molar refractivity (Wildman–Crippen MR) is 81.7 cm³/mol. The molecule has 0 aromatic heterocycles. The maximum Gasteiger partial charge on any atom is 0.164 e.